The summed E-state index contributed by atoms with van der Waals surface area (Å²) in [4.78, 5) is 27.2. The highest BCUT2D eigenvalue weighted by Crippen LogP contribution is 2.48. The first-order chi connectivity index (χ1) is 14.4. The minimum absolute atomic E-state index is 0.119. The molecule has 7 heteroatoms. The number of carbonyl (C=O) groups excluding carboxylic acids is 1. The number of fused-ring (bicyclic) bond motifs is 6. The molecule has 0 saturated carbocycles. The van der Waals surface area contributed by atoms with Crippen molar-refractivity contribution in [3.05, 3.63) is 69.6 Å². The van der Waals surface area contributed by atoms with Gasteiger partial charge in [0.1, 0.15) is 34.3 Å². The van der Waals surface area contributed by atoms with Crippen LogP contribution in [0.1, 0.15) is 34.0 Å². The van der Waals surface area contributed by atoms with Gasteiger partial charge in [0.25, 0.3) is 0 Å². The van der Waals surface area contributed by atoms with Gasteiger partial charge in [-0.05, 0) is 26.1 Å². The van der Waals surface area contributed by atoms with Gasteiger partial charge in [-0.1, -0.05) is 18.2 Å². The predicted octanol–water partition coefficient (Wildman–Crippen LogP) is 3.17. The molecule has 3 aromatic rings. The monoisotopic (exact) mass is 407 g/mol. The number of likely N-dealkylation sites (tertiary alicyclic amines) is 1. The van der Waals surface area contributed by atoms with Gasteiger partial charge in [0.05, 0.1) is 5.56 Å². The van der Waals surface area contributed by atoms with Gasteiger partial charge in [0, 0.05) is 36.6 Å². The van der Waals surface area contributed by atoms with E-state index in [1.165, 1.54) is 12.1 Å². The van der Waals surface area contributed by atoms with Crippen molar-refractivity contribution in [2.45, 2.75) is 31.6 Å². The molecule has 1 fully saturated rings. The van der Waals surface area contributed by atoms with Crippen molar-refractivity contribution in [1.29, 1.82) is 0 Å². The Labute approximate surface area is 172 Å². The first kappa shape index (κ1) is 18.7. The summed E-state index contributed by atoms with van der Waals surface area (Å²) in [5, 5.41) is 10.6. The van der Waals surface area contributed by atoms with Gasteiger partial charge in [0.15, 0.2) is 11.7 Å². The lowest BCUT2D eigenvalue weighted by atomic mass is 9.82. The maximum absolute atomic E-state index is 12.7. The Morgan fingerprint density at radius 3 is 2.77 bits per heavy atom. The van der Waals surface area contributed by atoms with E-state index in [0.717, 1.165) is 0 Å². The highest BCUT2D eigenvalue weighted by atomic mass is 16.5. The van der Waals surface area contributed by atoms with E-state index in [-0.39, 0.29) is 28.7 Å². The summed E-state index contributed by atoms with van der Waals surface area (Å²) in [5.41, 5.74) is 1.12. The van der Waals surface area contributed by atoms with E-state index >= 15 is 0 Å². The lowest BCUT2D eigenvalue weighted by Crippen LogP contribution is -2.53. The second kappa shape index (κ2) is 6.88. The maximum Gasteiger partial charge on any atom is 0.338 e. The molecule has 0 amide bonds. The van der Waals surface area contributed by atoms with E-state index in [9.17, 15) is 14.7 Å². The molecule has 2 aliphatic heterocycles. The van der Waals surface area contributed by atoms with Gasteiger partial charge >= 0.3 is 5.97 Å². The minimum atomic E-state index is -0.458. The van der Waals surface area contributed by atoms with E-state index in [1.807, 2.05) is 18.0 Å². The van der Waals surface area contributed by atoms with Crippen molar-refractivity contribution < 1.29 is 23.8 Å². The number of aromatic hydroxyl groups is 1. The van der Waals surface area contributed by atoms with E-state index in [1.54, 1.807) is 31.2 Å². The molecule has 2 bridgehead atoms. The fourth-order valence-electron chi connectivity index (χ4n) is 4.44. The fraction of sp³-hybridized carbons (Fsp3) is 0.304. The summed E-state index contributed by atoms with van der Waals surface area (Å²) in [6.07, 6.45) is -0.101. The predicted molar refractivity (Wildman–Crippen MR) is 109 cm³/mol. The molecule has 0 spiro atoms. The van der Waals surface area contributed by atoms with Gasteiger partial charge in [0.2, 0.25) is 0 Å². The van der Waals surface area contributed by atoms with Crippen LogP contribution in [0.15, 0.2) is 51.7 Å². The summed E-state index contributed by atoms with van der Waals surface area (Å²) >= 11 is 0. The third-order valence-electron chi connectivity index (χ3n) is 5.87. The molecule has 0 unspecified atom stereocenters. The number of hydrogen-bond acceptors (Lipinski definition) is 7. The Hall–Kier alpha value is -3.32. The first-order valence-electron chi connectivity index (χ1n) is 9.85. The van der Waals surface area contributed by atoms with E-state index in [0.29, 0.717) is 41.2 Å². The molecular weight excluding hydrogens is 386 g/mol. The molecule has 0 radical (unpaired) electrons. The molecule has 1 saturated heterocycles. The number of phenolic OH excluding ortho intramolecular Hbond substituents is 1. The molecule has 5 rings (SSSR count). The Bertz CT molecular complexity index is 1200. The molecule has 154 valence electrons. The summed E-state index contributed by atoms with van der Waals surface area (Å²) < 4.78 is 17.9. The number of esters is 1. The number of nitrogens with zero attached hydrogens (tertiary/aromatic N) is 1. The van der Waals surface area contributed by atoms with E-state index < -0.39 is 12.1 Å². The fourth-order valence-corrected chi connectivity index (χ4v) is 4.44. The molecule has 7 nitrogen and oxygen atoms in total. The van der Waals surface area contributed by atoms with Gasteiger partial charge in [-0.3, -0.25) is 9.69 Å². The van der Waals surface area contributed by atoms with Crippen LogP contribution in [-0.2, 0) is 4.74 Å². The van der Waals surface area contributed by atoms with Crippen LogP contribution in [0.5, 0.6) is 11.5 Å². The normalized spacial score (nSPS) is 22.9. The Morgan fingerprint density at radius 1 is 1.23 bits per heavy atom. The summed E-state index contributed by atoms with van der Waals surface area (Å²) in [6.45, 7) is 2.16. The lowest BCUT2D eigenvalue weighted by molar-refractivity contribution is -0.0714. The van der Waals surface area contributed by atoms with Gasteiger partial charge in [-0.25, -0.2) is 4.79 Å². The number of rotatable bonds is 2. The quantitative estimate of drug-likeness (QED) is 0.653. The van der Waals surface area contributed by atoms with Crippen molar-refractivity contribution in [3.8, 4) is 11.5 Å². The Balaban J connectivity index is 1.63. The average molecular weight is 407 g/mol. The number of ether oxygens (including phenoxy) is 2. The smallest absolute Gasteiger partial charge is 0.338 e. The van der Waals surface area contributed by atoms with Crippen LogP contribution in [-0.4, -0.2) is 41.9 Å². The number of hydrogen-bond donors (Lipinski definition) is 1. The Kier molecular flexibility index (Phi) is 4.29. The lowest BCUT2D eigenvalue weighted by Gasteiger charge is -2.45. The zero-order chi connectivity index (χ0) is 21.0. The molecule has 3 atom stereocenters. The summed E-state index contributed by atoms with van der Waals surface area (Å²) in [6, 6.07) is 11.7. The zero-order valence-electron chi connectivity index (χ0n) is 16.6. The van der Waals surface area contributed by atoms with Crippen LogP contribution in [0.2, 0.25) is 0 Å². The first-order valence-corrected chi connectivity index (χ1v) is 9.85. The molecule has 30 heavy (non-hydrogen) atoms. The highest BCUT2D eigenvalue weighted by molar-refractivity contribution is 5.90. The van der Waals surface area contributed by atoms with Crippen LogP contribution in [0.25, 0.3) is 11.0 Å². The second-order valence-electron chi connectivity index (χ2n) is 7.90. The molecule has 2 aliphatic rings. The molecule has 0 aliphatic carbocycles. The largest absolute Gasteiger partial charge is 0.507 e. The topological polar surface area (TPSA) is 89.2 Å². The number of carbonyl (C=O) groups is 1. The molecule has 1 aromatic heterocycles. The van der Waals surface area contributed by atoms with Crippen molar-refractivity contribution in [2.24, 2.45) is 0 Å². The van der Waals surface area contributed by atoms with Crippen LogP contribution in [0.4, 0.5) is 0 Å². The van der Waals surface area contributed by atoms with Gasteiger partial charge in [-0.15, -0.1) is 0 Å². The minimum Gasteiger partial charge on any atom is -0.507 e. The van der Waals surface area contributed by atoms with Gasteiger partial charge in [-0.2, -0.15) is 0 Å². The van der Waals surface area contributed by atoms with Crippen LogP contribution >= 0.6 is 0 Å². The highest BCUT2D eigenvalue weighted by Gasteiger charge is 2.45. The number of phenols is 1. The number of aryl methyl sites for hydroxylation is 1. The van der Waals surface area contributed by atoms with Crippen molar-refractivity contribution in [3.63, 3.8) is 0 Å². The van der Waals surface area contributed by atoms with Crippen molar-refractivity contribution >= 4 is 16.9 Å². The molecular formula is C23H21NO6. The second-order valence-corrected chi connectivity index (χ2v) is 7.90. The van der Waals surface area contributed by atoms with Crippen LogP contribution in [0, 0.1) is 6.92 Å². The Morgan fingerprint density at radius 2 is 2.00 bits per heavy atom. The standard InChI is InChI=1S/C23H21NO6/c1-12-8-15(25)21-16(26)10-17-20(22(21)28-12)14-9-19(29-17)24(2)11-18(14)30-23(27)13-6-4-3-5-7-13/h3-8,10,14,18-19,26H,9,11H2,1-2H3/t14-,18-,19+/m1/s1. The molecule has 1 N–H and O–H groups in total. The number of benzene rings is 2. The zero-order valence-corrected chi connectivity index (χ0v) is 16.6. The van der Waals surface area contributed by atoms with Gasteiger partial charge < -0.3 is 19.0 Å². The summed E-state index contributed by atoms with van der Waals surface area (Å²) in [5.74, 6) is 0.0744. The third kappa shape index (κ3) is 2.93. The number of likely N-dealkylation sites (N-methyl/N-ethyl adjacent to an activating group) is 1. The maximum atomic E-state index is 12.7. The average Bonchev–Trinajstić information content (AvgIpc) is 2.71. The SMILES string of the molecule is Cc1cc(=O)c2c(O)cc3c(c2o1)[C@@H]1C[C@H](O3)N(C)C[C@H]1OC(=O)c1ccccc1. The van der Waals surface area contributed by atoms with Crippen molar-refractivity contribution in [2.75, 3.05) is 13.6 Å². The molecule has 2 aromatic carbocycles. The van der Waals surface area contributed by atoms with Crippen molar-refractivity contribution in [1.82, 2.24) is 4.90 Å². The van der Waals surface area contributed by atoms with Crippen LogP contribution < -0.4 is 10.2 Å². The van der Waals surface area contributed by atoms with E-state index in [2.05, 4.69) is 0 Å². The van der Waals surface area contributed by atoms with E-state index in [4.69, 9.17) is 13.9 Å². The summed E-state index contributed by atoms with van der Waals surface area (Å²) in [7, 11) is 1.90. The third-order valence-corrected chi connectivity index (χ3v) is 5.87. The molecule has 3 heterocycles. The number of piperidine rings is 1. The van der Waals surface area contributed by atoms with Crippen LogP contribution in [0.3, 0.4) is 0 Å².